The fourth-order valence-corrected chi connectivity index (χ4v) is 3.85. The number of amides is 3. The zero-order valence-corrected chi connectivity index (χ0v) is 22.7. The highest BCUT2D eigenvalue weighted by molar-refractivity contribution is 5.92. The molecule has 0 radical (unpaired) electrons. The van der Waals surface area contributed by atoms with E-state index < -0.39 is 29.7 Å². The van der Waals surface area contributed by atoms with Crippen molar-refractivity contribution in [3.63, 3.8) is 0 Å². The average Bonchev–Trinajstić information content (AvgIpc) is 2.72. The molecule has 1 aromatic rings. The zero-order valence-electron chi connectivity index (χ0n) is 22.7. The van der Waals surface area contributed by atoms with E-state index in [9.17, 15) is 19.6 Å². The molecule has 0 fully saturated rings. The highest BCUT2D eigenvalue weighted by atomic mass is 16.6. The van der Waals surface area contributed by atoms with Crippen LogP contribution in [0.2, 0.25) is 0 Å². The number of rotatable bonds is 10. The summed E-state index contributed by atoms with van der Waals surface area (Å²) in [4.78, 5) is 41.2. The minimum absolute atomic E-state index is 0.0973. The number of benzene rings is 1. The van der Waals surface area contributed by atoms with Crippen molar-refractivity contribution in [3.05, 3.63) is 34.9 Å². The first-order chi connectivity index (χ1) is 16.2. The Labute approximate surface area is 210 Å². The zero-order chi connectivity index (χ0) is 26.9. The van der Waals surface area contributed by atoms with Crippen LogP contribution in [0.3, 0.4) is 0 Å². The molecule has 0 spiro atoms. The SMILES string of the molecule is CCCC(C)NC(=O)C(c1cccc(C)c1C)N(CC#N)C(=O)C(NC(=O)OC(C)(C)C)C(C)C. The van der Waals surface area contributed by atoms with Gasteiger partial charge in [0.2, 0.25) is 11.8 Å². The number of carbonyl (C=O) groups is 3. The van der Waals surface area contributed by atoms with Gasteiger partial charge < -0.3 is 20.3 Å². The quantitative estimate of drug-likeness (QED) is 0.471. The highest BCUT2D eigenvalue weighted by Crippen LogP contribution is 2.28. The molecule has 0 aliphatic rings. The van der Waals surface area contributed by atoms with Crippen LogP contribution < -0.4 is 10.6 Å². The van der Waals surface area contributed by atoms with Crippen LogP contribution in [-0.2, 0) is 14.3 Å². The Morgan fingerprint density at radius 1 is 1.11 bits per heavy atom. The van der Waals surface area contributed by atoms with Crippen molar-refractivity contribution < 1.29 is 19.1 Å². The molecule has 0 saturated carbocycles. The number of hydrogen-bond acceptors (Lipinski definition) is 5. The second-order valence-electron chi connectivity index (χ2n) is 10.4. The predicted octanol–water partition coefficient (Wildman–Crippen LogP) is 4.55. The molecular weight excluding hydrogens is 444 g/mol. The summed E-state index contributed by atoms with van der Waals surface area (Å²) in [5.41, 5.74) is 1.75. The summed E-state index contributed by atoms with van der Waals surface area (Å²) in [5.74, 6) is -1.18. The van der Waals surface area contributed by atoms with Gasteiger partial charge in [-0.2, -0.15) is 5.26 Å². The van der Waals surface area contributed by atoms with E-state index in [-0.39, 0.29) is 24.4 Å². The lowest BCUT2D eigenvalue weighted by Crippen LogP contribution is -2.55. The van der Waals surface area contributed by atoms with E-state index in [0.717, 1.165) is 24.0 Å². The van der Waals surface area contributed by atoms with Crippen molar-refractivity contribution in [2.24, 2.45) is 5.92 Å². The van der Waals surface area contributed by atoms with Gasteiger partial charge >= 0.3 is 6.09 Å². The topological polar surface area (TPSA) is 112 Å². The Balaban J connectivity index is 3.51. The molecule has 35 heavy (non-hydrogen) atoms. The lowest BCUT2D eigenvalue weighted by atomic mass is 9.93. The van der Waals surface area contributed by atoms with Crippen LogP contribution in [0.5, 0.6) is 0 Å². The molecule has 8 heteroatoms. The summed E-state index contributed by atoms with van der Waals surface area (Å²) in [6.07, 6.45) is 0.948. The predicted molar refractivity (Wildman–Crippen MR) is 136 cm³/mol. The first-order valence-corrected chi connectivity index (χ1v) is 12.3. The van der Waals surface area contributed by atoms with Gasteiger partial charge in [0.25, 0.3) is 0 Å². The van der Waals surface area contributed by atoms with Crippen LogP contribution in [0.25, 0.3) is 0 Å². The van der Waals surface area contributed by atoms with Crippen molar-refractivity contribution >= 4 is 17.9 Å². The van der Waals surface area contributed by atoms with E-state index in [2.05, 4.69) is 10.6 Å². The Kier molecular flexibility index (Phi) is 11.2. The third kappa shape index (κ3) is 8.89. The molecule has 0 bridgehead atoms. The summed E-state index contributed by atoms with van der Waals surface area (Å²) in [6.45, 7) is 16.3. The van der Waals surface area contributed by atoms with E-state index in [1.54, 1.807) is 40.7 Å². The molecule has 3 atom stereocenters. The number of hydrogen-bond donors (Lipinski definition) is 2. The Morgan fingerprint density at radius 3 is 2.26 bits per heavy atom. The van der Waals surface area contributed by atoms with Gasteiger partial charge in [-0.1, -0.05) is 45.4 Å². The molecule has 1 aromatic carbocycles. The Bertz CT molecular complexity index is 930. The molecule has 0 saturated heterocycles. The minimum atomic E-state index is -1.02. The summed E-state index contributed by atoms with van der Waals surface area (Å²) in [7, 11) is 0. The number of carbonyl (C=O) groups excluding carboxylic acids is 3. The number of nitrogens with one attached hydrogen (secondary N) is 2. The van der Waals surface area contributed by atoms with Crippen LogP contribution in [0, 0.1) is 31.1 Å². The number of nitriles is 1. The summed E-state index contributed by atoms with van der Waals surface area (Å²) in [6, 6.07) is 5.51. The van der Waals surface area contributed by atoms with Crippen molar-refractivity contribution in [1.29, 1.82) is 5.26 Å². The molecular formula is C27H42N4O4. The van der Waals surface area contributed by atoms with Gasteiger partial charge in [-0.05, 0) is 70.6 Å². The second-order valence-corrected chi connectivity index (χ2v) is 10.4. The van der Waals surface area contributed by atoms with Crippen LogP contribution >= 0.6 is 0 Å². The summed E-state index contributed by atoms with van der Waals surface area (Å²) < 4.78 is 5.35. The maximum Gasteiger partial charge on any atom is 0.408 e. The van der Waals surface area contributed by atoms with Gasteiger partial charge in [0, 0.05) is 6.04 Å². The molecule has 194 valence electrons. The highest BCUT2D eigenvalue weighted by Gasteiger charge is 2.38. The largest absolute Gasteiger partial charge is 0.444 e. The van der Waals surface area contributed by atoms with Gasteiger partial charge in [0.05, 0.1) is 6.07 Å². The fraction of sp³-hybridized carbons (Fsp3) is 0.630. The lowest BCUT2D eigenvalue weighted by Gasteiger charge is -2.35. The normalized spacial score (nSPS) is 13.9. The molecule has 0 aliphatic heterocycles. The molecule has 2 N–H and O–H groups in total. The fourth-order valence-electron chi connectivity index (χ4n) is 3.85. The maximum absolute atomic E-state index is 13.8. The number of aryl methyl sites for hydroxylation is 1. The van der Waals surface area contributed by atoms with Gasteiger partial charge in [0.15, 0.2) is 0 Å². The Morgan fingerprint density at radius 2 is 1.74 bits per heavy atom. The first kappa shape index (κ1) is 30.0. The second kappa shape index (κ2) is 13.1. The Hall–Kier alpha value is -3.08. The van der Waals surface area contributed by atoms with Crippen LogP contribution in [0.15, 0.2) is 18.2 Å². The number of nitrogens with zero attached hydrogens (tertiary/aromatic N) is 2. The molecule has 1 rings (SSSR count). The van der Waals surface area contributed by atoms with E-state index in [1.807, 2.05) is 45.9 Å². The van der Waals surface area contributed by atoms with E-state index in [4.69, 9.17) is 4.74 Å². The van der Waals surface area contributed by atoms with Crippen LogP contribution in [-0.4, -0.2) is 47.0 Å². The first-order valence-electron chi connectivity index (χ1n) is 12.3. The van der Waals surface area contributed by atoms with Crippen LogP contribution in [0.4, 0.5) is 4.79 Å². The number of alkyl carbamates (subject to hydrolysis) is 1. The van der Waals surface area contributed by atoms with Gasteiger partial charge in [-0.15, -0.1) is 0 Å². The summed E-state index contributed by atoms with van der Waals surface area (Å²) >= 11 is 0. The minimum Gasteiger partial charge on any atom is -0.444 e. The molecule has 3 amide bonds. The van der Waals surface area contributed by atoms with Crippen molar-refractivity contribution in [3.8, 4) is 6.07 Å². The van der Waals surface area contributed by atoms with Crippen molar-refractivity contribution in [1.82, 2.24) is 15.5 Å². The summed E-state index contributed by atoms with van der Waals surface area (Å²) in [5, 5.41) is 15.3. The van der Waals surface area contributed by atoms with Crippen molar-refractivity contribution in [2.45, 2.75) is 98.9 Å². The lowest BCUT2D eigenvalue weighted by molar-refractivity contribution is -0.142. The number of ether oxygens (including phenoxy) is 1. The van der Waals surface area contributed by atoms with Gasteiger partial charge in [0.1, 0.15) is 24.2 Å². The van der Waals surface area contributed by atoms with Crippen molar-refractivity contribution in [2.75, 3.05) is 6.54 Å². The van der Waals surface area contributed by atoms with Crippen LogP contribution in [0.1, 0.15) is 84.0 Å². The molecule has 0 heterocycles. The molecule has 0 aliphatic carbocycles. The molecule has 8 nitrogen and oxygen atoms in total. The third-order valence-corrected chi connectivity index (χ3v) is 5.74. The smallest absolute Gasteiger partial charge is 0.408 e. The van der Waals surface area contributed by atoms with E-state index in [0.29, 0.717) is 5.56 Å². The maximum atomic E-state index is 13.8. The van der Waals surface area contributed by atoms with E-state index in [1.165, 1.54) is 4.90 Å². The molecule has 3 unspecified atom stereocenters. The molecule has 0 aromatic heterocycles. The monoisotopic (exact) mass is 486 g/mol. The van der Waals surface area contributed by atoms with E-state index >= 15 is 0 Å². The standard InChI is InChI=1S/C27H42N4O4/c1-10-12-19(5)29-24(32)23(21-14-11-13-18(4)20(21)6)31(16-15-28)25(33)22(17(2)3)30-26(34)35-27(7,8)9/h11,13-14,17,19,22-23H,10,12,16H2,1-9H3,(H,29,32)(H,30,34). The van der Waals surface area contributed by atoms with Gasteiger partial charge in [-0.3, -0.25) is 9.59 Å². The van der Waals surface area contributed by atoms with Gasteiger partial charge in [-0.25, -0.2) is 4.79 Å². The average molecular weight is 487 g/mol. The third-order valence-electron chi connectivity index (χ3n) is 5.74.